The molecular formula is C23H21CuN5O4+2. The van der Waals surface area contributed by atoms with Gasteiger partial charge in [-0.1, -0.05) is 30.3 Å². The molecule has 2 aromatic carbocycles. The predicted octanol–water partition coefficient (Wildman–Crippen LogP) is 2.80. The van der Waals surface area contributed by atoms with E-state index in [9.17, 15) is 19.8 Å². The first kappa shape index (κ1) is 25.3. The molecule has 171 valence electrons. The molecule has 4 N–H and O–H groups in total. The summed E-state index contributed by atoms with van der Waals surface area (Å²) in [4.78, 5) is 28.8. The molecule has 0 spiro atoms. The van der Waals surface area contributed by atoms with Crippen LogP contribution in [0.1, 0.15) is 46.0 Å². The summed E-state index contributed by atoms with van der Waals surface area (Å²) in [5.74, 6) is -1.39. The van der Waals surface area contributed by atoms with E-state index in [1.807, 2.05) is 0 Å². The van der Waals surface area contributed by atoms with Gasteiger partial charge in [0.1, 0.15) is 11.5 Å². The summed E-state index contributed by atoms with van der Waals surface area (Å²) in [6, 6.07) is 17.5. The first-order chi connectivity index (χ1) is 15.4. The Hall–Kier alpha value is -4.01. The Bertz CT molecular complexity index is 1140. The Labute approximate surface area is 200 Å². The molecule has 0 bridgehead atoms. The van der Waals surface area contributed by atoms with Crippen molar-refractivity contribution < 1.29 is 36.9 Å². The van der Waals surface area contributed by atoms with E-state index < -0.39 is 11.8 Å². The second-order valence-electron chi connectivity index (χ2n) is 6.72. The van der Waals surface area contributed by atoms with Gasteiger partial charge in [0.05, 0.1) is 33.9 Å². The van der Waals surface area contributed by atoms with Crippen molar-refractivity contribution in [3.63, 3.8) is 0 Å². The van der Waals surface area contributed by atoms with Gasteiger partial charge in [-0.15, -0.1) is 0 Å². The molecule has 0 aliphatic carbocycles. The van der Waals surface area contributed by atoms with Gasteiger partial charge in [0, 0.05) is 0 Å². The number of hydrazone groups is 2. The van der Waals surface area contributed by atoms with Crippen LogP contribution in [0, 0.1) is 0 Å². The molecule has 1 heterocycles. The molecule has 0 fully saturated rings. The third kappa shape index (κ3) is 6.49. The van der Waals surface area contributed by atoms with Crippen molar-refractivity contribution in [3.05, 3.63) is 89.2 Å². The van der Waals surface area contributed by atoms with Crippen LogP contribution in [0.25, 0.3) is 0 Å². The maximum absolute atomic E-state index is 12.2. The Morgan fingerprint density at radius 1 is 0.697 bits per heavy atom. The fraction of sp³-hybridized carbons (Fsp3) is 0.0870. The van der Waals surface area contributed by atoms with E-state index in [0.29, 0.717) is 22.8 Å². The molecule has 0 unspecified atom stereocenters. The van der Waals surface area contributed by atoms with E-state index in [1.165, 1.54) is 24.3 Å². The van der Waals surface area contributed by atoms with Crippen molar-refractivity contribution in [3.8, 4) is 11.5 Å². The van der Waals surface area contributed by atoms with Gasteiger partial charge in [-0.3, -0.25) is 9.59 Å². The normalized spacial score (nSPS) is 11.3. The van der Waals surface area contributed by atoms with Crippen LogP contribution >= 0.6 is 0 Å². The molecule has 2 amide bonds. The van der Waals surface area contributed by atoms with Crippen molar-refractivity contribution >= 4 is 23.2 Å². The monoisotopic (exact) mass is 494 g/mol. The van der Waals surface area contributed by atoms with Crippen LogP contribution in [-0.4, -0.2) is 38.4 Å². The van der Waals surface area contributed by atoms with Crippen molar-refractivity contribution in [2.45, 2.75) is 13.8 Å². The van der Waals surface area contributed by atoms with Crippen molar-refractivity contribution in [2.24, 2.45) is 10.2 Å². The number of nitrogens with one attached hydrogen (secondary N) is 2. The number of phenolic OH excluding ortho intramolecular Hbond substituents is 2. The van der Waals surface area contributed by atoms with E-state index in [0.717, 1.165) is 0 Å². The number of hydrogen-bond donors (Lipinski definition) is 4. The molecule has 9 nitrogen and oxygen atoms in total. The average Bonchev–Trinajstić information content (AvgIpc) is 2.81. The van der Waals surface area contributed by atoms with Crippen LogP contribution in [-0.2, 0) is 17.1 Å². The number of para-hydroxylation sites is 2. The number of nitrogens with zero attached hydrogens (tertiary/aromatic N) is 3. The Morgan fingerprint density at radius 3 is 1.48 bits per heavy atom. The number of aromatic nitrogens is 1. The number of rotatable bonds is 6. The molecule has 1 aromatic heterocycles. The minimum absolute atomic E-state index is 0. The number of benzene rings is 2. The van der Waals surface area contributed by atoms with E-state index in [4.69, 9.17) is 0 Å². The van der Waals surface area contributed by atoms with Crippen LogP contribution in [0.3, 0.4) is 0 Å². The summed E-state index contributed by atoms with van der Waals surface area (Å²) in [6.45, 7) is 3.34. The molecule has 0 aliphatic heterocycles. The van der Waals surface area contributed by atoms with Gasteiger partial charge in [0.2, 0.25) is 0 Å². The minimum atomic E-state index is -0.553. The standard InChI is InChI=1S/C23H21N5O4.Cu/c1-14(25-27-22(31)16-8-3-5-12-20(16)29)18-10-7-11-19(24-18)15(2)26-28-23(32)17-9-4-6-13-21(17)30;/h3-13,29-30H,1-2H3,(H,27,31)(H,28,32);/q;+2. The Balaban J connectivity index is 0.00000385. The third-order valence-electron chi connectivity index (χ3n) is 4.44. The summed E-state index contributed by atoms with van der Waals surface area (Å²) in [7, 11) is 0. The zero-order valence-electron chi connectivity index (χ0n) is 17.7. The quantitative estimate of drug-likeness (QED) is 0.237. The number of pyridine rings is 1. The van der Waals surface area contributed by atoms with Gasteiger partial charge in [-0.25, -0.2) is 15.8 Å². The van der Waals surface area contributed by atoms with Crippen LogP contribution in [0.2, 0.25) is 0 Å². The van der Waals surface area contributed by atoms with Gasteiger partial charge in [0.25, 0.3) is 11.8 Å². The van der Waals surface area contributed by atoms with Gasteiger partial charge >= 0.3 is 17.1 Å². The van der Waals surface area contributed by atoms with Crippen molar-refractivity contribution in [1.82, 2.24) is 15.8 Å². The van der Waals surface area contributed by atoms with Gasteiger partial charge in [-0.05, 0) is 50.2 Å². The van der Waals surface area contributed by atoms with Gasteiger partial charge < -0.3 is 10.2 Å². The summed E-state index contributed by atoms with van der Waals surface area (Å²) in [5.41, 5.74) is 6.83. The number of carbonyl (C=O) groups excluding carboxylic acids is 2. The summed E-state index contributed by atoms with van der Waals surface area (Å²) in [5, 5.41) is 27.6. The second-order valence-corrected chi connectivity index (χ2v) is 6.72. The number of amides is 2. The van der Waals surface area contributed by atoms with Gasteiger partial charge in [-0.2, -0.15) is 10.2 Å². The number of aromatic hydroxyl groups is 2. The summed E-state index contributed by atoms with van der Waals surface area (Å²) >= 11 is 0. The number of carbonyl (C=O) groups is 2. The summed E-state index contributed by atoms with van der Waals surface area (Å²) in [6.07, 6.45) is 0. The van der Waals surface area contributed by atoms with Crippen molar-refractivity contribution in [2.75, 3.05) is 0 Å². The molecule has 1 radical (unpaired) electrons. The number of hydrogen-bond acceptors (Lipinski definition) is 7. The second kappa shape index (κ2) is 11.6. The van der Waals surface area contributed by atoms with E-state index in [2.05, 4.69) is 26.0 Å². The smallest absolute Gasteiger partial charge is 0.507 e. The first-order valence-corrected chi connectivity index (χ1v) is 9.60. The predicted molar refractivity (Wildman–Crippen MR) is 120 cm³/mol. The molecule has 0 atom stereocenters. The molecule has 0 aliphatic rings. The van der Waals surface area contributed by atoms with Crippen LogP contribution in [0.15, 0.2) is 76.9 Å². The topological polar surface area (TPSA) is 136 Å². The van der Waals surface area contributed by atoms with E-state index >= 15 is 0 Å². The first-order valence-electron chi connectivity index (χ1n) is 9.60. The fourth-order valence-corrected chi connectivity index (χ4v) is 2.67. The fourth-order valence-electron chi connectivity index (χ4n) is 2.67. The number of phenols is 2. The zero-order chi connectivity index (χ0) is 23.1. The van der Waals surface area contributed by atoms with Crippen LogP contribution in [0.4, 0.5) is 0 Å². The maximum Gasteiger partial charge on any atom is 2.00 e. The molecule has 10 heteroatoms. The zero-order valence-corrected chi connectivity index (χ0v) is 18.6. The Kier molecular flexibility index (Phi) is 8.85. The molecular weight excluding hydrogens is 474 g/mol. The SMILES string of the molecule is CC(=NNC(=O)c1ccccc1O)c1cccc(C(C)=NNC(=O)c2ccccc2O)n1.[Cu+2]. The van der Waals surface area contributed by atoms with Crippen LogP contribution in [0.5, 0.6) is 11.5 Å². The summed E-state index contributed by atoms with van der Waals surface area (Å²) < 4.78 is 0. The minimum Gasteiger partial charge on any atom is -0.507 e. The van der Waals surface area contributed by atoms with Crippen LogP contribution < -0.4 is 10.9 Å². The molecule has 0 saturated carbocycles. The molecule has 3 aromatic rings. The third-order valence-corrected chi connectivity index (χ3v) is 4.44. The van der Waals surface area contributed by atoms with Gasteiger partial charge in [0.15, 0.2) is 0 Å². The average molecular weight is 495 g/mol. The van der Waals surface area contributed by atoms with E-state index in [-0.39, 0.29) is 39.7 Å². The van der Waals surface area contributed by atoms with E-state index in [1.54, 1.807) is 56.3 Å². The Morgan fingerprint density at radius 2 is 1.09 bits per heavy atom. The molecule has 0 saturated heterocycles. The molecule has 33 heavy (non-hydrogen) atoms. The molecule has 3 rings (SSSR count). The largest absolute Gasteiger partial charge is 2.00 e. The van der Waals surface area contributed by atoms with Crippen molar-refractivity contribution in [1.29, 1.82) is 0 Å². The maximum atomic E-state index is 12.2.